The summed E-state index contributed by atoms with van der Waals surface area (Å²) in [5.41, 5.74) is 7.01. The van der Waals surface area contributed by atoms with Crippen LogP contribution in [0.2, 0.25) is 0 Å². The summed E-state index contributed by atoms with van der Waals surface area (Å²) in [6.07, 6.45) is 1.74. The fourth-order valence-corrected chi connectivity index (χ4v) is 3.10. The van der Waals surface area contributed by atoms with E-state index in [2.05, 4.69) is 54.5 Å². The van der Waals surface area contributed by atoms with E-state index < -0.39 is 0 Å². The fourth-order valence-electron chi connectivity index (χ4n) is 3.10. The fraction of sp³-hybridized carbons (Fsp3) is 0.100. The molecule has 7 heteroatoms. The van der Waals surface area contributed by atoms with E-state index in [1.165, 1.54) is 0 Å². The van der Waals surface area contributed by atoms with Gasteiger partial charge in [-0.2, -0.15) is 5.10 Å². The average Bonchev–Trinajstić information content (AvgIpc) is 2.98. The maximum Gasteiger partial charge on any atom is 0.274 e. The van der Waals surface area contributed by atoms with Crippen LogP contribution in [0.25, 0.3) is 22.2 Å². The van der Waals surface area contributed by atoms with E-state index in [0.29, 0.717) is 5.69 Å². The van der Waals surface area contributed by atoms with Crippen LogP contribution in [0.4, 0.5) is 5.95 Å². The van der Waals surface area contributed by atoms with Crippen molar-refractivity contribution in [3.8, 4) is 11.3 Å². The molecule has 0 aliphatic heterocycles. The number of hydrogen-bond donors (Lipinski definition) is 2. The van der Waals surface area contributed by atoms with Gasteiger partial charge in [0, 0.05) is 23.5 Å². The molecule has 0 bridgehead atoms. The molecule has 0 fully saturated rings. The van der Waals surface area contributed by atoms with Crippen LogP contribution in [-0.2, 0) is 7.05 Å². The predicted molar refractivity (Wildman–Crippen MR) is 107 cm³/mol. The Kier molecular flexibility index (Phi) is 4.25. The lowest BCUT2D eigenvalue weighted by atomic mass is 10.1. The second-order valence-corrected chi connectivity index (χ2v) is 6.16. The number of benzene rings is 2. The van der Waals surface area contributed by atoms with Crippen LogP contribution in [0.5, 0.6) is 0 Å². The van der Waals surface area contributed by atoms with Crippen LogP contribution in [0.15, 0.2) is 64.5 Å². The maximum atomic E-state index is 11.6. The molecule has 4 aromatic rings. The van der Waals surface area contributed by atoms with Gasteiger partial charge in [-0.1, -0.05) is 48.5 Å². The Hall–Kier alpha value is -3.74. The number of aryl methyl sites for hydroxylation is 2. The average molecular weight is 358 g/mol. The van der Waals surface area contributed by atoms with Crippen LogP contribution >= 0.6 is 0 Å². The second-order valence-electron chi connectivity index (χ2n) is 6.16. The lowest BCUT2D eigenvalue weighted by Crippen LogP contribution is -2.15. The molecule has 134 valence electrons. The summed E-state index contributed by atoms with van der Waals surface area (Å²) >= 11 is 0. The minimum absolute atomic E-state index is 0.198. The van der Waals surface area contributed by atoms with Gasteiger partial charge in [-0.25, -0.2) is 5.43 Å². The molecule has 27 heavy (non-hydrogen) atoms. The molecule has 2 aromatic heterocycles. The minimum Gasteiger partial charge on any atom is -0.343 e. The summed E-state index contributed by atoms with van der Waals surface area (Å²) in [5, 5.41) is 13.0. The third-order valence-corrected chi connectivity index (χ3v) is 4.42. The number of hydrazone groups is 1. The third kappa shape index (κ3) is 3.10. The van der Waals surface area contributed by atoms with Crippen molar-refractivity contribution < 1.29 is 0 Å². The molecular weight excluding hydrogens is 340 g/mol. The SMILES string of the molecule is Cc1nnc(N/N=C\c2c(-c3ccccc3)n(C)c3ccccc23)[nH]c1=O. The lowest BCUT2D eigenvalue weighted by molar-refractivity contribution is 0.897. The highest BCUT2D eigenvalue weighted by Gasteiger charge is 2.14. The predicted octanol–water partition coefficient (Wildman–Crippen LogP) is 3.08. The number of aromatic amines is 1. The van der Waals surface area contributed by atoms with Gasteiger partial charge in [-0.05, 0) is 18.6 Å². The second kappa shape index (κ2) is 6.87. The molecule has 0 spiro atoms. The Morgan fingerprint density at radius 2 is 1.81 bits per heavy atom. The molecule has 2 N–H and O–H groups in total. The van der Waals surface area contributed by atoms with Gasteiger partial charge in [0.05, 0.1) is 11.9 Å². The van der Waals surface area contributed by atoms with E-state index in [0.717, 1.165) is 27.7 Å². The van der Waals surface area contributed by atoms with E-state index in [9.17, 15) is 4.79 Å². The van der Waals surface area contributed by atoms with E-state index in [1.807, 2.05) is 37.4 Å². The Labute approximate surface area is 155 Å². The quantitative estimate of drug-likeness (QED) is 0.433. The molecule has 4 rings (SSSR count). The van der Waals surface area contributed by atoms with Gasteiger partial charge >= 0.3 is 0 Å². The largest absolute Gasteiger partial charge is 0.343 e. The van der Waals surface area contributed by atoms with Gasteiger partial charge < -0.3 is 4.57 Å². The molecule has 0 aliphatic carbocycles. The van der Waals surface area contributed by atoms with Crippen molar-refractivity contribution in [1.29, 1.82) is 0 Å². The first-order valence-electron chi connectivity index (χ1n) is 8.50. The number of anilines is 1. The summed E-state index contributed by atoms with van der Waals surface area (Å²) in [7, 11) is 2.04. The summed E-state index contributed by atoms with van der Waals surface area (Å²) in [6.45, 7) is 1.60. The number of nitrogens with zero attached hydrogens (tertiary/aromatic N) is 4. The first kappa shape index (κ1) is 16.7. The minimum atomic E-state index is -0.294. The summed E-state index contributed by atoms with van der Waals surface area (Å²) < 4.78 is 2.15. The summed E-state index contributed by atoms with van der Waals surface area (Å²) in [4.78, 5) is 14.2. The Balaban J connectivity index is 1.78. The number of hydrogen-bond acceptors (Lipinski definition) is 5. The monoisotopic (exact) mass is 358 g/mol. The standard InChI is InChI=1S/C20H18N6O/c1-13-19(27)22-20(25-23-13)24-21-12-16-15-10-6-7-11-17(15)26(2)18(16)14-8-4-3-5-9-14/h3-12H,1-2H3,(H2,22,24,25,27)/b21-12-. The van der Waals surface area contributed by atoms with E-state index in [-0.39, 0.29) is 11.5 Å². The Morgan fingerprint density at radius 1 is 1.07 bits per heavy atom. The molecule has 0 aliphatic rings. The van der Waals surface area contributed by atoms with Crippen molar-refractivity contribution in [2.45, 2.75) is 6.92 Å². The van der Waals surface area contributed by atoms with Gasteiger partial charge in [-0.15, -0.1) is 10.2 Å². The van der Waals surface area contributed by atoms with Crippen LogP contribution in [0, 0.1) is 6.92 Å². The first-order valence-corrected chi connectivity index (χ1v) is 8.50. The zero-order chi connectivity index (χ0) is 18.8. The van der Waals surface area contributed by atoms with Crippen LogP contribution in [-0.4, -0.2) is 26.0 Å². The molecule has 0 saturated carbocycles. The number of H-pyrrole nitrogens is 1. The highest BCUT2D eigenvalue weighted by Crippen LogP contribution is 2.31. The molecule has 0 atom stereocenters. The van der Waals surface area contributed by atoms with Crippen molar-refractivity contribution in [3.63, 3.8) is 0 Å². The molecule has 0 amide bonds. The highest BCUT2D eigenvalue weighted by atomic mass is 16.1. The maximum absolute atomic E-state index is 11.6. The summed E-state index contributed by atoms with van der Waals surface area (Å²) in [6, 6.07) is 18.3. The van der Waals surface area contributed by atoms with Gasteiger partial charge in [0.25, 0.3) is 5.56 Å². The molecular formula is C20H18N6O. The molecule has 0 unspecified atom stereocenters. The van der Waals surface area contributed by atoms with Gasteiger partial charge in [0.1, 0.15) is 5.69 Å². The van der Waals surface area contributed by atoms with E-state index in [4.69, 9.17) is 0 Å². The Morgan fingerprint density at radius 3 is 2.59 bits per heavy atom. The van der Waals surface area contributed by atoms with Gasteiger partial charge in [0.15, 0.2) is 0 Å². The van der Waals surface area contributed by atoms with Crippen LogP contribution in [0.3, 0.4) is 0 Å². The smallest absolute Gasteiger partial charge is 0.274 e. The third-order valence-electron chi connectivity index (χ3n) is 4.42. The Bertz CT molecular complexity index is 1190. The van der Waals surface area contributed by atoms with Crippen LogP contribution in [0.1, 0.15) is 11.3 Å². The number of rotatable bonds is 4. The van der Waals surface area contributed by atoms with Crippen LogP contribution < -0.4 is 11.0 Å². The van der Waals surface area contributed by atoms with Gasteiger partial charge in [0.2, 0.25) is 5.95 Å². The van der Waals surface area contributed by atoms with Crippen molar-refractivity contribution in [1.82, 2.24) is 19.7 Å². The summed E-state index contributed by atoms with van der Waals surface area (Å²) in [5.74, 6) is 0.198. The molecule has 7 nitrogen and oxygen atoms in total. The number of para-hydroxylation sites is 1. The van der Waals surface area contributed by atoms with E-state index >= 15 is 0 Å². The number of nitrogens with one attached hydrogen (secondary N) is 2. The van der Waals surface area contributed by atoms with Crippen molar-refractivity contribution in [2.24, 2.45) is 12.1 Å². The zero-order valence-corrected chi connectivity index (χ0v) is 15.0. The number of fused-ring (bicyclic) bond motifs is 1. The molecule has 0 radical (unpaired) electrons. The zero-order valence-electron chi connectivity index (χ0n) is 15.0. The van der Waals surface area contributed by atoms with Crippen molar-refractivity contribution >= 4 is 23.1 Å². The number of aromatic nitrogens is 4. The first-order chi connectivity index (χ1) is 13.1. The topological polar surface area (TPSA) is 88.0 Å². The van der Waals surface area contributed by atoms with Gasteiger partial charge in [-0.3, -0.25) is 9.78 Å². The molecule has 2 aromatic carbocycles. The normalized spacial score (nSPS) is 11.3. The van der Waals surface area contributed by atoms with Crippen molar-refractivity contribution in [3.05, 3.63) is 76.2 Å². The van der Waals surface area contributed by atoms with E-state index in [1.54, 1.807) is 13.1 Å². The molecule has 2 heterocycles. The van der Waals surface area contributed by atoms with Crippen molar-refractivity contribution in [2.75, 3.05) is 5.43 Å². The lowest BCUT2D eigenvalue weighted by Gasteiger charge is -2.06. The molecule has 0 saturated heterocycles. The highest BCUT2D eigenvalue weighted by molar-refractivity contribution is 6.06.